The third-order valence-electron chi connectivity index (χ3n) is 13.0. The molecule has 0 radical (unpaired) electrons. The van der Waals surface area contributed by atoms with E-state index in [1.807, 2.05) is 11.3 Å². The largest absolute Gasteiger partial charge is 0.309 e. The van der Waals surface area contributed by atoms with Crippen LogP contribution in [0.2, 0.25) is 0 Å². The van der Waals surface area contributed by atoms with Gasteiger partial charge in [-0.1, -0.05) is 158 Å². The fraction of sp³-hybridized carbons (Fsp3) is 0. The zero-order chi connectivity index (χ0) is 41.4. The zero-order valence-corrected chi connectivity index (χ0v) is 35.1. The topological polar surface area (TPSA) is 9.86 Å². The van der Waals surface area contributed by atoms with Crippen LogP contribution in [0.25, 0.3) is 120 Å². The molecule has 0 N–H and O–H groups in total. The molecule has 0 aliphatic carbocycles. The molecule has 13 rings (SSSR count). The van der Waals surface area contributed by atoms with E-state index in [1.54, 1.807) is 0 Å². The molecule has 0 saturated carbocycles. The van der Waals surface area contributed by atoms with Crippen LogP contribution < -0.4 is 0 Å². The molecule has 0 aliphatic rings. The van der Waals surface area contributed by atoms with Crippen molar-refractivity contribution in [2.45, 2.75) is 0 Å². The van der Waals surface area contributed by atoms with Crippen molar-refractivity contribution in [2.24, 2.45) is 0 Å². The summed E-state index contributed by atoms with van der Waals surface area (Å²) in [6, 6.07) is 84.6. The molecule has 13 aromatic rings. The van der Waals surface area contributed by atoms with Crippen LogP contribution >= 0.6 is 11.3 Å². The first-order valence-corrected chi connectivity index (χ1v) is 22.4. The van der Waals surface area contributed by atoms with E-state index >= 15 is 0 Å². The lowest BCUT2D eigenvalue weighted by atomic mass is 10.00. The van der Waals surface area contributed by atoms with E-state index in [1.165, 1.54) is 108 Å². The molecule has 0 atom stereocenters. The molecule has 3 aromatic heterocycles. The fourth-order valence-electron chi connectivity index (χ4n) is 9.85. The average Bonchev–Trinajstić information content (AvgIpc) is 4.00. The third kappa shape index (κ3) is 5.85. The van der Waals surface area contributed by atoms with Gasteiger partial charge >= 0.3 is 0 Å². The van der Waals surface area contributed by atoms with E-state index in [2.05, 4.69) is 240 Å². The molecule has 0 fully saturated rings. The highest BCUT2D eigenvalue weighted by molar-refractivity contribution is 7.25. The van der Waals surface area contributed by atoms with Crippen molar-refractivity contribution in [1.29, 1.82) is 0 Å². The average molecular weight is 819 g/mol. The molecule has 0 spiro atoms. The van der Waals surface area contributed by atoms with E-state index < -0.39 is 0 Å². The van der Waals surface area contributed by atoms with Crippen molar-refractivity contribution in [3.05, 3.63) is 231 Å². The van der Waals surface area contributed by atoms with Crippen LogP contribution in [0.3, 0.4) is 0 Å². The molecular formula is C60H38N2S. The van der Waals surface area contributed by atoms with Crippen molar-refractivity contribution in [3.8, 4) is 55.9 Å². The van der Waals surface area contributed by atoms with Crippen LogP contribution in [0.15, 0.2) is 231 Å². The van der Waals surface area contributed by atoms with Gasteiger partial charge < -0.3 is 9.13 Å². The van der Waals surface area contributed by atoms with Gasteiger partial charge in [-0.3, -0.25) is 0 Å². The Labute approximate surface area is 368 Å². The standard InChI is InChI=1S/C60H38N2S/c1-3-11-39(12-4-1)45-27-33-56-51(35-45)52-36-46(40-13-5-2-6-14-40)28-34-57(52)61(56)47-29-23-43(24-30-47)41-19-21-42(22-20-41)44-25-31-48(32-26-44)62-55-17-9-7-15-49(55)53-38-60-54(37-58(53)62)50-16-8-10-18-59(50)63-60/h1-38H. The van der Waals surface area contributed by atoms with Crippen molar-refractivity contribution in [2.75, 3.05) is 0 Å². The number of benzene rings is 10. The minimum Gasteiger partial charge on any atom is -0.309 e. The van der Waals surface area contributed by atoms with Gasteiger partial charge in [0.05, 0.1) is 22.1 Å². The lowest BCUT2D eigenvalue weighted by Gasteiger charge is -2.11. The first-order valence-electron chi connectivity index (χ1n) is 21.6. The van der Waals surface area contributed by atoms with Crippen molar-refractivity contribution in [3.63, 3.8) is 0 Å². The Morgan fingerprint density at radius 1 is 0.222 bits per heavy atom. The fourth-order valence-corrected chi connectivity index (χ4v) is 11.0. The second-order valence-electron chi connectivity index (χ2n) is 16.5. The van der Waals surface area contributed by atoms with Gasteiger partial charge in [0.25, 0.3) is 0 Å². The summed E-state index contributed by atoms with van der Waals surface area (Å²) in [5, 5.41) is 7.72. The molecule has 3 heterocycles. The zero-order valence-electron chi connectivity index (χ0n) is 34.2. The Bertz CT molecular complexity index is 3760. The Balaban J connectivity index is 0.826. The molecule has 294 valence electrons. The summed E-state index contributed by atoms with van der Waals surface area (Å²) < 4.78 is 7.50. The second kappa shape index (κ2) is 14.3. The lowest BCUT2D eigenvalue weighted by Crippen LogP contribution is -1.94. The SMILES string of the molecule is c1ccc(-c2ccc3c(c2)c2cc(-c4ccccc4)ccc2n3-c2ccc(-c3ccc(-c4ccc(-n5c6ccccc6c6cc7sc8ccccc8c7cc65)cc4)cc3)cc2)cc1. The Morgan fingerprint density at radius 3 is 1.17 bits per heavy atom. The van der Waals surface area contributed by atoms with Gasteiger partial charge in [0.15, 0.2) is 0 Å². The van der Waals surface area contributed by atoms with Gasteiger partial charge in [0.2, 0.25) is 0 Å². The number of hydrogen-bond donors (Lipinski definition) is 0. The third-order valence-corrected chi connectivity index (χ3v) is 14.1. The minimum absolute atomic E-state index is 1.15. The molecule has 0 bridgehead atoms. The maximum atomic E-state index is 2.43. The highest BCUT2D eigenvalue weighted by Gasteiger charge is 2.17. The van der Waals surface area contributed by atoms with Gasteiger partial charge in [-0.15, -0.1) is 11.3 Å². The maximum absolute atomic E-state index is 2.43. The van der Waals surface area contributed by atoms with Gasteiger partial charge in [-0.2, -0.15) is 0 Å². The number of rotatable bonds is 6. The summed E-state index contributed by atoms with van der Waals surface area (Å²) in [5.74, 6) is 0. The van der Waals surface area contributed by atoms with Crippen LogP contribution in [0.5, 0.6) is 0 Å². The molecule has 0 saturated heterocycles. The van der Waals surface area contributed by atoms with E-state index in [0.29, 0.717) is 0 Å². The number of para-hydroxylation sites is 1. The molecule has 0 unspecified atom stereocenters. The Morgan fingerprint density at radius 2 is 0.619 bits per heavy atom. The summed E-state index contributed by atoms with van der Waals surface area (Å²) in [6.45, 7) is 0. The number of thiophene rings is 1. The summed E-state index contributed by atoms with van der Waals surface area (Å²) in [5.41, 5.74) is 16.8. The molecule has 2 nitrogen and oxygen atoms in total. The van der Waals surface area contributed by atoms with E-state index in [4.69, 9.17) is 0 Å². The van der Waals surface area contributed by atoms with Crippen molar-refractivity contribution < 1.29 is 0 Å². The second-order valence-corrected chi connectivity index (χ2v) is 17.6. The summed E-state index contributed by atoms with van der Waals surface area (Å²) in [7, 11) is 0. The maximum Gasteiger partial charge on any atom is 0.0548 e. The lowest BCUT2D eigenvalue weighted by molar-refractivity contribution is 1.18. The predicted octanol–water partition coefficient (Wildman–Crippen LogP) is 16.9. The Kier molecular flexibility index (Phi) is 8.12. The van der Waals surface area contributed by atoms with Crippen molar-refractivity contribution >= 4 is 75.1 Å². The number of nitrogens with zero attached hydrogens (tertiary/aromatic N) is 2. The van der Waals surface area contributed by atoms with E-state index in [-0.39, 0.29) is 0 Å². The van der Waals surface area contributed by atoms with Crippen molar-refractivity contribution in [1.82, 2.24) is 9.13 Å². The van der Waals surface area contributed by atoms with Crippen LogP contribution in [0.4, 0.5) is 0 Å². The molecule has 3 heteroatoms. The van der Waals surface area contributed by atoms with Gasteiger partial charge in [-0.05, 0) is 117 Å². The monoisotopic (exact) mass is 818 g/mol. The Hall–Kier alpha value is -7.98. The molecule has 0 aliphatic heterocycles. The van der Waals surface area contributed by atoms with Gasteiger partial charge in [-0.25, -0.2) is 0 Å². The summed E-state index contributed by atoms with van der Waals surface area (Å²) in [4.78, 5) is 0. The minimum atomic E-state index is 1.15. The first-order chi connectivity index (χ1) is 31.2. The van der Waals surface area contributed by atoms with Gasteiger partial charge in [0, 0.05) is 53.1 Å². The summed E-state index contributed by atoms with van der Waals surface area (Å²) in [6.07, 6.45) is 0. The highest BCUT2D eigenvalue weighted by atomic mass is 32.1. The predicted molar refractivity (Wildman–Crippen MR) is 270 cm³/mol. The van der Waals surface area contributed by atoms with Gasteiger partial charge in [0.1, 0.15) is 0 Å². The molecule has 10 aromatic carbocycles. The van der Waals surface area contributed by atoms with Crippen LogP contribution in [-0.2, 0) is 0 Å². The number of aromatic nitrogens is 2. The first kappa shape index (κ1) is 35.7. The molecular weight excluding hydrogens is 781 g/mol. The number of fused-ring (bicyclic) bond motifs is 9. The van der Waals surface area contributed by atoms with Crippen LogP contribution in [0, 0.1) is 0 Å². The quantitative estimate of drug-likeness (QED) is 0.158. The normalized spacial score (nSPS) is 11.8. The smallest absolute Gasteiger partial charge is 0.0548 e. The molecule has 0 amide bonds. The number of hydrogen-bond acceptors (Lipinski definition) is 1. The summed E-state index contributed by atoms with van der Waals surface area (Å²) >= 11 is 1.88. The highest BCUT2D eigenvalue weighted by Crippen LogP contribution is 2.42. The van der Waals surface area contributed by atoms with E-state index in [9.17, 15) is 0 Å². The van der Waals surface area contributed by atoms with E-state index in [0.717, 1.165) is 11.4 Å². The molecule has 63 heavy (non-hydrogen) atoms. The van der Waals surface area contributed by atoms with Crippen LogP contribution in [0.1, 0.15) is 0 Å². The van der Waals surface area contributed by atoms with Crippen LogP contribution in [-0.4, -0.2) is 9.13 Å².